The molecule has 0 spiro atoms. The van der Waals surface area contributed by atoms with E-state index in [2.05, 4.69) is 10.6 Å². The summed E-state index contributed by atoms with van der Waals surface area (Å²) in [5.41, 5.74) is 2.22. The maximum absolute atomic E-state index is 12.1. The lowest BCUT2D eigenvalue weighted by Gasteiger charge is -2.25. The van der Waals surface area contributed by atoms with Gasteiger partial charge in [0, 0.05) is 12.2 Å². The first kappa shape index (κ1) is 19.2. The summed E-state index contributed by atoms with van der Waals surface area (Å²) in [7, 11) is 0. The molecule has 0 aliphatic carbocycles. The number of para-hydroxylation sites is 1. The molecular weight excluding hydrogens is 292 g/mol. The van der Waals surface area contributed by atoms with Gasteiger partial charge in [0.15, 0.2) is 0 Å². The molecule has 0 saturated heterocycles. The molecule has 23 heavy (non-hydrogen) atoms. The van der Waals surface area contributed by atoms with E-state index < -0.39 is 17.9 Å². The molecule has 0 saturated carbocycles. The number of aliphatic hydroxyl groups excluding tert-OH is 1. The molecule has 5 heteroatoms. The van der Waals surface area contributed by atoms with Crippen LogP contribution in [0.5, 0.6) is 0 Å². The van der Waals surface area contributed by atoms with Crippen molar-refractivity contribution in [2.75, 3.05) is 11.9 Å². The standard InChI is InChI=1S/C18H28N2O3/c1-11(2)13-9-7-8-12(3)15(13)20-17(23)16(22)19-10-14(21)18(4,5)6/h7-9,11,14,21H,10H2,1-6H3,(H,19,22)(H,20,23). The van der Waals surface area contributed by atoms with Crippen molar-refractivity contribution in [2.45, 2.75) is 53.6 Å². The quantitative estimate of drug-likeness (QED) is 0.746. The molecule has 0 fully saturated rings. The van der Waals surface area contributed by atoms with Crippen LogP contribution in [0.15, 0.2) is 18.2 Å². The van der Waals surface area contributed by atoms with Gasteiger partial charge in [-0.15, -0.1) is 0 Å². The number of rotatable bonds is 4. The molecule has 2 amide bonds. The largest absolute Gasteiger partial charge is 0.391 e. The summed E-state index contributed by atoms with van der Waals surface area (Å²) in [5, 5.41) is 15.1. The summed E-state index contributed by atoms with van der Waals surface area (Å²) >= 11 is 0. The molecule has 0 aliphatic heterocycles. The lowest BCUT2D eigenvalue weighted by molar-refractivity contribution is -0.136. The predicted octanol–water partition coefficient (Wildman–Crippen LogP) is 2.58. The molecule has 1 aromatic rings. The minimum absolute atomic E-state index is 0.0422. The van der Waals surface area contributed by atoms with Gasteiger partial charge in [0.2, 0.25) is 0 Å². The number of aryl methyl sites for hydroxylation is 1. The van der Waals surface area contributed by atoms with Crippen molar-refractivity contribution >= 4 is 17.5 Å². The molecule has 1 atom stereocenters. The van der Waals surface area contributed by atoms with Crippen LogP contribution in [0.4, 0.5) is 5.69 Å². The van der Waals surface area contributed by atoms with Crippen molar-refractivity contribution in [3.05, 3.63) is 29.3 Å². The maximum atomic E-state index is 12.1. The number of hydrogen-bond acceptors (Lipinski definition) is 3. The van der Waals surface area contributed by atoms with E-state index in [4.69, 9.17) is 0 Å². The highest BCUT2D eigenvalue weighted by Crippen LogP contribution is 2.27. The number of hydrogen-bond donors (Lipinski definition) is 3. The molecule has 5 nitrogen and oxygen atoms in total. The van der Waals surface area contributed by atoms with Crippen LogP contribution in [0.2, 0.25) is 0 Å². The van der Waals surface area contributed by atoms with Crippen molar-refractivity contribution in [3.8, 4) is 0 Å². The third-order valence-corrected chi connectivity index (χ3v) is 3.83. The van der Waals surface area contributed by atoms with Gasteiger partial charge in [-0.25, -0.2) is 0 Å². The Morgan fingerprint density at radius 1 is 1.17 bits per heavy atom. The van der Waals surface area contributed by atoms with Crippen LogP contribution in [-0.2, 0) is 9.59 Å². The van der Waals surface area contributed by atoms with Crippen molar-refractivity contribution < 1.29 is 14.7 Å². The minimum atomic E-state index is -0.744. The number of anilines is 1. The highest BCUT2D eigenvalue weighted by atomic mass is 16.3. The Morgan fingerprint density at radius 2 is 1.78 bits per heavy atom. The van der Waals surface area contributed by atoms with E-state index in [1.807, 2.05) is 59.7 Å². The van der Waals surface area contributed by atoms with Gasteiger partial charge >= 0.3 is 11.8 Å². The minimum Gasteiger partial charge on any atom is -0.391 e. The van der Waals surface area contributed by atoms with Gasteiger partial charge in [0.05, 0.1) is 6.10 Å². The molecule has 3 N–H and O–H groups in total. The summed E-state index contributed by atoms with van der Waals surface area (Å²) in [6, 6.07) is 5.76. The van der Waals surface area contributed by atoms with Crippen LogP contribution in [0.1, 0.15) is 51.7 Å². The van der Waals surface area contributed by atoms with E-state index >= 15 is 0 Å². The Kier molecular flexibility index (Phi) is 6.33. The number of aliphatic hydroxyl groups is 1. The average molecular weight is 320 g/mol. The Hall–Kier alpha value is -1.88. The fourth-order valence-electron chi connectivity index (χ4n) is 2.09. The van der Waals surface area contributed by atoms with Gasteiger partial charge in [-0.1, -0.05) is 52.8 Å². The average Bonchev–Trinajstić information content (AvgIpc) is 2.44. The molecule has 0 radical (unpaired) electrons. The Morgan fingerprint density at radius 3 is 2.30 bits per heavy atom. The Balaban J connectivity index is 2.75. The first-order chi connectivity index (χ1) is 10.5. The Bertz CT molecular complexity index is 574. The predicted molar refractivity (Wildman–Crippen MR) is 92.4 cm³/mol. The molecule has 1 rings (SSSR count). The van der Waals surface area contributed by atoms with Crippen LogP contribution in [0.3, 0.4) is 0 Å². The first-order valence-corrected chi connectivity index (χ1v) is 7.90. The molecule has 1 aromatic carbocycles. The zero-order valence-electron chi connectivity index (χ0n) is 14.9. The van der Waals surface area contributed by atoms with E-state index in [0.29, 0.717) is 5.69 Å². The number of carbonyl (C=O) groups is 2. The van der Waals surface area contributed by atoms with Crippen LogP contribution in [0.25, 0.3) is 0 Å². The van der Waals surface area contributed by atoms with Gasteiger partial charge in [-0.3, -0.25) is 9.59 Å². The van der Waals surface area contributed by atoms with Crippen molar-refractivity contribution in [2.24, 2.45) is 5.41 Å². The number of amides is 2. The van der Waals surface area contributed by atoms with E-state index in [9.17, 15) is 14.7 Å². The normalized spacial score (nSPS) is 12.9. The fourth-order valence-corrected chi connectivity index (χ4v) is 2.09. The van der Waals surface area contributed by atoms with E-state index in [1.165, 1.54) is 0 Å². The highest BCUT2D eigenvalue weighted by Gasteiger charge is 2.24. The van der Waals surface area contributed by atoms with Crippen LogP contribution in [-0.4, -0.2) is 29.6 Å². The maximum Gasteiger partial charge on any atom is 0.313 e. The van der Waals surface area contributed by atoms with Gasteiger partial charge in [-0.05, 0) is 29.4 Å². The second-order valence-corrected chi connectivity index (χ2v) is 7.24. The van der Waals surface area contributed by atoms with Crippen molar-refractivity contribution in [1.29, 1.82) is 0 Å². The lowest BCUT2D eigenvalue weighted by atomic mass is 9.89. The number of nitrogens with one attached hydrogen (secondary N) is 2. The number of benzene rings is 1. The van der Waals surface area contributed by atoms with E-state index in [1.54, 1.807) is 0 Å². The van der Waals surface area contributed by atoms with Crippen molar-refractivity contribution in [1.82, 2.24) is 5.32 Å². The molecule has 0 aliphatic rings. The van der Waals surface area contributed by atoms with Crippen LogP contribution in [0, 0.1) is 12.3 Å². The monoisotopic (exact) mass is 320 g/mol. The van der Waals surface area contributed by atoms with Gasteiger partial charge in [0.1, 0.15) is 0 Å². The summed E-state index contributed by atoms with van der Waals surface area (Å²) < 4.78 is 0. The van der Waals surface area contributed by atoms with Crippen LogP contribution >= 0.6 is 0 Å². The molecule has 0 heterocycles. The van der Waals surface area contributed by atoms with E-state index in [0.717, 1.165) is 11.1 Å². The van der Waals surface area contributed by atoms with Gasteiger partial charge in [0.25, 0.3) is 0 Å². The van der Waals surface area contributed by atoms with Crippen molar-refractivity contribution in [3.63, 3.8) is 0 Å². The number of carbonyl (C=O) groups excluding carboxylic acids is 2. The second kappa shape index (κ2) is 7.59. The summed E-state index contributed by atoms with van der Waals surface area (Å²) in [6.45, 7) is 11.6. The molecule has 128 valence electrons. The molecular formula is C18H28N2O3. The zero-order chi connectivity index (χ0) is 17.8. The highest BCUT2D eigenvalue weighted by molar-refractivity contribution is 6.39. The first-order valence-electron chi connectivity index (χ1n) is 7.90. The Labute approximate surface area is 138 Å². The zero-order valence-corrected chi connectivity index (χ0v) is 14.9. The summed E-state index contributed by atoms with van der Waals surface area (Å²) in [6.07, 6.45) is -0.719. The van der Waals surface area contributed by atoms with Gasteiger partial charge < -0.3 is 15.7 Å². The van der Waals surface area contributed by atoms with Crippen LogP contribution < -0.4 is 10.6 Å². The van der Waals surface area contributed by atoms with Gasteiger partial charge in [-0.2, -0.15) is 0 Å². The molecule has 1 unspecified atom stereocenters. The van der Waals surface area contributed by atoms with E-state index in [-0.39, 0.29) is 17.9 Å². The lowest BCUT2D eigenvalue weighted by Crippen LogP contribution is -2.43. The SMILES string of the molecule is Cc1cccc(C(C)C)c1NC(=O)C(=O)NCC(O)C(C)(C)C. The summed E-state index contributed by atoms with van der Waals surface area (Å²) in [4.78, 5) is 24.0. The third kappa shape index (κ3) is 5.36. The summed E-state index contributed by atoms with van der Waals surface area (Å²) in [5.74, 6) is -1.23. The molecule has 0 aromatic heterocycles. The fraction of sp³-hybridized carbons (Fsp3) is 0.556. The smallest absolute Gasteiger partial charge is 0.313 e. The topological polar surface area (TPSA) is 78.4 Å². The third-order valence-electron chi connectivity index (χ3n) is 3.83. The second-order valence-electron chi connectivity index (χ2n) is 7.24. The molecule has 0 bridgehead atoms.